The van der Waals surface area contributed by atoms with Gasteiger partial charge in [0.1, 0.15) is 10.4 Å². The molecule has 18 heavy (non-hydrogen) atoms. The highest BCUT2D eigenvalue weighted by molar-refractivity contribution is 9.10. The molecule has 1 aromatic carbocycles. The minimum absolute atomic E-state index is 0.347. The van der Waals surface area contributed by atoms with Crippen LogP contribution in [0.5, 0.6) is 5.75 Å². The van der Waals surface area contributed by atoms with Gasteiger partial charge in [0.25, 0.3) is 0 Å². The summed E-state index contributed by atoms with van der Waals surface area (Å²) < 4.78 is 10.9. The van der Waals surface area contributed by atoms with Crippen molar-refractivity contribution in [2.45, 2.75) is 6.92 Å². The van der Waals surface area contributed by atoms with Crippen LogP contribution in [-0.4, -0.2) is 24.7 Å². The van der Waals surface area contributed by atoms with E-state index in [1.165, 1.54) is 0 Å². The van der Waals surface area contributed by atoms with E-state index in [9.17, 15) is 4.79 Å². The molecule has 5 heteroatoms. The number of esters is 1. The second kappa shape index (κ2) is 5.35. The van der Waals surface area contributed by atoms with Gasteiger partial charge in [-0.2, -0.15) is 0 Å². The monoisotopic (exact) mass is 309 g/mol. The number of halogens is 1. The average Bonchev–Trinajstić information content (AvgIpc) is 2.37. The Kier molecular flexibility index (Phi) is 3.81. The van der Waals surface area contributed by atoms with E-state index in [0.717, 1.165) is 5.39 Å². The van der Waals surface area contributed by atoms with Crippen molar-refractivity contribution >= 4 is 32.8 Å². The van der Waals surface area contributed by atoms with E-state index in [1.807, 2.05) is 0 Å². The Balaban J connectivity index is 2.54. The highest BCUT2D eigenvalue weighted by atomic mass is 79.9. The van der Waals surface area contributed by atoms with Crippen LogP contribution in [0.1, 0.15) is 17.3 Å². The second-order valence-corrected chi connectivity index (χ2v) is 4.41. The van der Waals surface area contributed by atoms with Crippen molar-refractivity contribution in [2.24, 2.45) is 0 Å². The molecule has 0 amide bonds. The highest BCUT2D eigenvalue weighted by Crippen LogP contribution is 2.28. The zero-order chi connectivity index (χ0) is 13.1. The summed E-state index contributed by atoms with van der Waals surface area (Å²) in [6.45, 7) is 2.13. The Morgan fingerprint density at radius 1 is 1.39 bits per heavy atom. The number of benzene rings is 1. The summed E-state index contributed by atoms with van der Waals surface area (Å²) in [6, 6.07) is 6.99. The van der Waals surface area contributed by atoms with Crippen molar-refractivity contribution in [1.29, 1.82) is 0 Å². The molecule has 0 fully saturated rings. The number of fused-ring (bicyclic) bond motifs is 1. The molecule has 0 unspecified atom stereocenters. The Labute approximate surface area is 113 Å². The first-order valence-electron chi connectivity index (χ1n) is 5.47. The van der Waals surface area contributed by atoms with Crippen LogP contribution in [0.15, 0.2) is 28.9 Å². The van der Waals surface area contributed by atoms with Crippen molar-refractivity contribution < 1.29 is 14.3 Å². The standard InChI is InChI=1S/C13H12BrNO3/c1-3-18-13(16)8-4-5-9-10(6-8)15-12(14)7-11(9)17-2/h4-7H,3H2,1-2H3. The maximum Gasteiger partial charge on any atom is 0.338 e. The summed E-state index contributed by atoms with van der Waals surface area (Å²) in [6.07, 6.45) is 0. The molecule has 2 aromatic rings. The topological polar surface area (TPSA) is 48.4 Å². The van der Waals surface area contributed by atoms with E-state index in [-0.39, 0.29) is 5.97 Å². The highest BCUT2D eigenvalue weighted by Gasteiger charge is 2.10. The normalized spacial score (nSPS) is 10.4. The van der Waals surface area contributed by atoms with Crippen molar-refractivity contribution in [1.82, 2.24) is 4.98 Å². The lowest BCUT2D eigenvalue weighted by atomic mass is 10.1. The predicted octanol–water partition coefficient (Wildman–Crippen LogP) is 3.18. The summed E-state index contributed by atoms with van der Waals surface area (Å²) >= 11 is 3.31. The van der Waals surface area contributed by atoms with Crippen LogP contribution in [0.2, 0.25) is 0 Å². The van der Waals surface area contributed by atoms with Gasteiger partial charge in [0.2, 0.25) is 0 Å². The molecule has 0 N–H and O–H groups in total. The number of nitrogens with zero attached hydrogens (tertiary/aromatic N) is 1. The van der Waals surface area contributed by atoms with Crippen LogP contribution < -0.4 is 4.74 Å². The lowest BCUT2D eigenvalue weighted by molar-refractivity contribution is 0.0526. The van der Waals surface area contributed by atoms with Gasteiger partial charge in [-0.15, -0.1) is 0 Å². The van der Waals surface area contributed by atoms with Crippen LogP contribution in [0, 0.1) is 0 Å². The SMILES string of the molecule is CCOC(=O)c1ccc2c(OC)cc(Br)nc2c1. The Hall–Kier alpha value is -1.62. The average molecular weight is 310 g/mol. The molecule has 0 aliphatic carbocycles. The molecule has 0 radical (unpaired) electrons. The zero-order valence-electron chi connectivity index (χ0n) is 10.1. The number of hydrogen-bond donors (Lipinski definition) is 0. The van der Waals surface area contributed by atoms with Gasteiger partial charge in [0.15, 0.2) is 0 Å². The molecule has 2 rings (SSSR count). The number of methoxy groups -OCH3 is 1. The Bertz CT molecular complexity index is 598. The molecule has 0 aliphatic heterocycles. The van der Waals surface area contributed by atoms with Gasteiger partial charge in [0.05, 0.1) is 24.8 Å². The maximum atomic E-state index is 11.6. The molecule has 94 valence electrons. The van der Waals surface area contributed by atoms with Crippen molar-refractivity contribution in [2.75, 3.05) is 13.7 Å². The number of carbonyl (C=O) groups excluding carboxylic acids is 1. The van der Waals surface area contributed by atoms with Crippen molar-refractivity contribution in [3.63, 3.8) is 0 Å². The van der Waals surface area contributed by atoms with E-state index in [4.69, 9.17) is 9.47 Å². The van der Waals surface area contributed by atoms with Crippen LogP contribution in [0.25, 0.3) is 10.9 Å². The number of pyridine rings is 1. The first-order valence-corrected chi connectivity index (χ1v) is 6.26. The fourth-order valence-corrected chi connectivity index (χ4v) is 2.08. The number of aromatic nitrogens is 1. The van der Waals surface area contributed by atoms with Gasteiger partial charge in [-0.1, -0.05) is 0 Å². The maximum absolute atomic E-state index is 11.6. The quantitative estimate of drug-likeness (QED) is 0.645. The smallest absolute Gasteiger partial charge is 0.338 e. The molecule has 0 spiro atoms. The van der Waals surface area contributed by atoms with Gasteiger partial charge in [-0.25, -0.2) is 9.78 Å². The molecule has 0 atom stereocenters. The largest absolute Gasteiger partial charge is 0.496 e. The molecule has 0 saturated heterocycles. The number of rotatable bonds is 3. The van der Waals surface area contributed by atoms with Gasteiger partial charge in [-0.3, -0.25) is 0 Å². The zero-order valence-corrected chi connectivity index (χ0v) is 11.7. The van der Waals surface area contributed by atoms with E-state index in [1.54, 1.807) is 38.3 Å². The van der Waals surface area contributed by atoms with Gasteiger partial charge in [0, 0.05) is 11.5 Å². The molecule has 1 aromatic heterocycles. The third-order valence-corrected chi connectivity index (χ3v) is 2.88. The first kappa shape index (κ1) is 12.8. The lowest BCUT2D eigenvalue weighted by Gasteiger charge is -2.07. The minimum Gasteiger partial charge on any atom is -0.496 e. The Morgan fingerprint density at radius 2 is 2.17 bits per heavy atom. The Morgan fingerprint density at radius 3 is 2.83 bits per heavy atom. The summed E-state index contributed by atoms with van der Waals surface area (Å²) in [5, 5.41) is 0.855. The molecule has 0 bridgehead atoms. The van der Waals surface area contributed by atoms with Gasteiger partial charge < -0.3 is 9.47 Å². The number of hydrogen-bond acceptors (Lipinski definition) is 4. The summed E-state index contributed by atoms with van der Waals surface area (Å²) in [7, 11) is 1.60. The van der Waals surface area contributed by atoms with E-state index >= 15 is 0 Å². The van der Waals surface area contributed by atoms with Crippen LogP contribution in [-0.2, 0) is 4.74 Å². The summed E-state index contributed by atoms with van der Waals surface area (Å²) in [5.41, 5.74) is 1.17. The minimum atomic E-state index is -0.347. The third-order valence-electron chi connectivity index (χ3n) is 2.47. The van der Waals surface area contributed by atoms with Crippen molar-refractivity contribution in [3.05, 3.63) is 34.4 Å². The van der Waals surface area contributed by atoms with E-state index in [0.29, 0.717) is 28.0 Å². The summed E-state index contributed by atoms with van der Waals surface area (Å²) in [5.74, 6) is 0.363. The van der Waals surface area contributed by atoms with E-state index < -0.39 is 0 Å². The summed E-state index contributed by atoms with van der Waals surface area (Å²) in [4.78, 5) is 16.0. The van der Waals surface area contributed by atoms with Crippen LogP contribution >= 0.6 is 15.9 Å². The lowest BCUT2D eigenvalue weighted by Crippen LogP contribution is -2.04. The van der Waals surface area contributed by atoms with Crippen LogP contribution in [0.4, 0.5) is 0 Å². The number of ether oxygens (including phenoxy) is 2. The van der Waals surface area contributed by atoms with Crippen molar-refractivity contribution in [3.8, 4) is 5.75 Å². The number of carbonyl (C=O) groups is 1. The first-order chi connectivity index (χ1) is 8.65. The van der Waals surface area contributed by atoms with E-state index in [2.05, 4.69) is 20.9 Å². The fourth-order valence-electron chi connectivity index (χ4n) is 1.68. The van der Waals surface area contributed by atoms with Gasteiger partial charge in [-0.05, 0) is 41.1 Å². The molecule has 0 saturated carbocycles. The fraction of sp³-hybridized carbons (Fsp3) is 0.231. The molecule has 1 heterocycles. The predicted molar refractivity (Wildman–Crippen MR) is 72.0 cm³/mol. The molecule has 0 aliphatic rings. The second-order valence-electron chi connectivity index (χ2n) is 3.60. The third kappa shape index (κ3) is 2.46. The molecule has 4 nitrogen and oxygen atoms in total. The van der Waals surface area contributed by atoms with Gasteiger partial charge >= 0.3 is 5.97 Å². The molecular formula is C13H12BrNO3. The van der Waals surface area contributed by atoms with Crippen LogP contribution in [0.3, 0.4) is 0 Å². The molecular weight excluding hydrogens is 298 g/mol.